The van der Waals surface area contributed by atoms with Gasteiger partial charge in [-0.3, -0.25) is 4.79 Å². The lowest BCUT2D eigenvalue weighted by atomic mass is 10.2. The molecule has 0 unspecified atom stereocenters. The Bertz CT molecular complexity index is 633. The molecule has 1 aromatic carbocycles. The molecule has 0 spiro atoms. The Kier molecular flexibility index (Phi) is 4.65. The van der Waals surface area contributed by atoms with Crippen molar-refractivity contribution in [2.24, 2.45) is 0 Å². The van der Waals surface area contributed by atoms with Crippen molar-refractivity contribution in [3.63, 3.8) is 0 Å². The summed E-state index contributed by atoms with van der Waals surface area (Å²) in [6.45, 7) is 0. The molecule has 0 aliphatic rings. The van der Waals surface area contributed by atoms with Crippen molar-refractivity contribution in [3.05, 3.63) is 23.2 Å². The number of nitrogens with one attached hydrogen (secondary N) is 1. The molecule has 112 valence electrons. The van der Waals surface area contributed by atoms with Gasteiger partial charge in [0.05, 0.1) is 15.6 Å². The molecule has 0 saturated heterocycles. The Balaban J connectivity index is 3.13. The smallest absolute Gasteiger partial charge is 0.319 e. The third-order valence-electron chi connectivity index (χ3n) is 2.19. The largest absolute Gasteiger partial charge is 0.383 e. The van der Waals surface area contributed by atoms with Crippen molar-refractivity contribution < 1.29 is 30.8 Å². The molecule has 20 heavy (non-hydrogen) atoms. The van der Waals surface area contributed by atoms with Crippen molar-refractivity contribution in [1.82, 2.24) is 0 Å². The summed E-state index contributed by atoms with van der Waals surface area (Å²) in [5.74, 6) is -7.19. The number of carbonyl (C=O) groups excluding carboxylic acids is 1. The first-order valence-corrected chi connectivity index (χ1v) is 7.20. The van der Waals surface area contributed by atoms with E-state index in [1.54, 1.807) is 0 Å². The summed E-state index contributed by atoms with van der Waals surface area (Å²) < 4.78 is 72.1. The fourth-order valence-electron chi connectivity index (χ4n) is 1.14. The third kappa shape index (κ3) is 3.60. The standard InChI is InChI=1S/C10H8ClF4NO3S/c1-20(18,19)5-2-3-6(11)7(4-5)16-9(17)10(14,15)8(12)13/h2-4,8H,1H3,(H,16,17). The quantitative estimate of drug-likeness (QED) is 0.861. The summed E-state index contributed by atoms with van der Waals surface area (Å²) in [5.41, 5.74) is -0.500. The van der Waals surface area contributed by atoms with Crippen LogP contribution in [-0.4, -0.2) is 32.9 Å². The number of rotatable bonds is 4. The van der Waals surface area contributed by atoms with Crippen LogP contribution in [0.1, 0.15) is 0 Å². The molecule has 0 fully saturated rings. The summed E-state index contributed by atoms with van der Waals surface area (Å²) in [7, 11) is -3.68. The van der Waals surface area contributed by atoms with Crippen LogP contribution in [0, 0.1) is 0 Å². The summed E-state index contributed by atoms with van der Waals surface area (Å²) in [5, 5.41) is 1.21. The third-order valence-corrected chi connectivity index (χ3v) is 3.63. The van der Waals surface area contributed by atoms with Crippen LogP contribution in [0.3, 0.4) is 0 Å². The van der Waals surface area contributed by atoms with E-state index in [0.29, 0.717) is 0 Å². The highest BCUT2D eigenvalue weighted by molar-refractivity contribution is 7.90. The number of amides is 1. The van der Waals surface area contributed by atoms with Crippen molar-refractivity contribution in [2.45, 2.75) is 17.2 Å². The number of alkyl halides is 4. The van der Waals surface area contributed by atoms with Crippen LogP contribution in [0.15, 0.2) is 23.1 Å². The maximum atomic E-state index is 12.8. The fourth-order valence-corrected chi connectivity index (χ4v) is 1.95. The van der Waals surface area contributed by atoms with E-state index in [0.717, 1.165) is 24.5 Å². The molecule has 0 radical (unpaired) electrons. The van der Waals surface area contributed by atoms with Gasteiger partial charge in [-0.2, -0.15) is 8.78 Å². The summed E-state index contributed by atoms with van der Waals surface area (Å²) in [6.07, 6.45) is -3.35. The summed E-state index contributed by atoms with van der Waals surface area (Å²) in [6, 6.07) is 2.92. The van der Waals surface area contributed by atoms with Crippen molar-refractivity contribution >= 4 is 33.0 Å². The van der Waals surface area contributed by atoms with E-state index in [1.165, 1.54) is 5.32 Å². The minimum absolute atomic E-state index is 0.268. The van der Waals surface area contributed by atoms with Gasteiger partial charge in [0.1, 0.15) is 0 Å². The van der Waals surface area contributed by atoms with Crippen molar-refractivity contribution in [3.8, 4) is 0 Å². The lowest BCUT2D eigenvalue weighted by Crippen LogP contribution is -2.41. The van der Waals surface area contributed by atoms with Gasteiger partial charge in [-0.25, -0.2) is 17.2 Å². The van der Waals surface area contributed by atoms with Crippen molar-refractivity contribution in [2.75, 3.05) is 11.6 Å². The number of carbonyl (C=O) groups is 1. The van der Waals surface area contributed by atoms with Gasteiger partial charge in [0.15, 0.2) is 9.84 Å². The van der Waals surface area contributed by atoms with E-state index in [-0.39, 0.29) is 9.92 Å². The highest BCUT2D eigenvalue weighted by atomic mass is 35.5. The lowest BCUT2D eigenvalue weighted by Gasteiger charge is -2.15. The molecule has 1 amide bonds. The number of hydrogen-bond donors (Lipinski definition) is 1. The second-order valence-corrected chi connectivity index (χ2v) is 6.21. The molecular formula is C10H8ClF4NO3S. The highest BCUT2D eigenvalue weighted by Crippen LogP contribution is 2.29. The molecule has 0 aromatic heterocycles. The van der Waals surface area contributed by atoms with Crippen LogP contribution in [0.2, 0.25) is 5.02 Å². The Labute approximate surface area is 116 Å². The van der Waals surface area contributed by atoms with Crippen LogP contribution >= 0.6 is 11.6 Å². The summed E-state index contributed by atoms with van der Waals surface area (Å²) >= 11 is 5.58. The minimum Gasteiger partial charge on any atom is -0.319 e. The number of benzene rings is 1. The average Bonchev–Trinajstić information content (AvgIpc) is 2.30. The molecule has 10 heteroatoms. The molecule has 1 aromatic rings. The van der Waals surface area contributed by atoms with Crippen LogP contribution in [0.5, 0.6) is 0 Å². The minimum atomic E-state index is -4.91. The molecule has 4 nitrogen and oxygen atoms in total. The van der Waals surface area contributed by atoms with Gasteiger partial charge in [-0.05, 0) is 18.2 Å². The van der Waals surface area contributed by atoms with Crippen LogP contribution < -0.4 is 5.32 Å². The number of anilines is 1. The molecule has 0 aliphatic heterocycles. The number of hydrogen-bond acceptors (Lipinski definition) is 3. The first kappa shape index (κ1) is 16.7. The van der Waals surface area contributed by atoms with Gasteiger partial charge in [0.2, 0.25) is 0 Å². The van der Waals surface area contributed by atoms with E-state index in [2.05, 4.69) is 0 Å². The summed E-state index contributed by atoms with van der Waals surface area (Å²) in [4.78, 5) is 10.7. The molecule has 0 atom stereocenters. The SMILES string of the molecule is CS(=O)(=O)c1ccc(Cl)c(NC(=O)C(F)(F)C(F)F)c1. The maximum Gasteiger partial charge on any atom is 0.383 e. The Morgan fingerprint density at radius 1 is 1.35 bits per heavy atom. The Morgan fingerprint density at radius 3 is 2.35 bits per heavy atom. The van der Waals surface area contributed by atoms with Crippen LogP contribution in [0.4, 0.5) is 23.2 Å². The first-order valence-electron chi connectivity index (χ1n) is 4.93. The normalized spacial score (nSPS) is 12.6. The zero-order valence-corrected chi connectivity index (χ0v) is 11.4. The van der Waals surface area contributed by atoms with E-state index in [9.17, 15) is 30.8 Å². The molecule has 0 bridgehead atoms. The first-order chi connectivity index (χ1) is 8.96. The van der Waals surface area contributed by atoms with Gasteiger partial charge >= 0.3 is 18.3 Å². The molecule has 0 saturated carbocycles. The van der Waals surface area contributed by atoms with E-state index < -0.39 is 33.8 Å². The zero-order valence-electron chi connectivity index (χ0n) is 9.83. The second-order valence-electron chi connectivity index (χ2n) is 3.79. The predicted molar refractivity (Wildman–Crippen MR) is 64.1 cm³/mol. The number of sulfone groups is 1. The van der Waals surface area contributed by atoms with Gasteiger partial charge in [-0.15, -0.1) is 0 Å². The second kappa shape index (κ2) is 5.57. The van der Waals surface area contributed by atoms with E-state index >= 15 is 0 Å². The highest BCUT2D eigenvalue weighted by Gasteiger charge is 2.49. The van der Waals surface area contributed by atoms with Crippen molar-refractivity contribution in [1.29, 1.82) is 0 Å². The zero-order chi connectivity index (χ0) is 15.7. The molecule has 0 aliphatic carbocycles. The lowest BCUT2D eigenvalue weighted by molar-refractivity contribution is -0.163. The topological polar surface area (TPSA) is 63.2 Å². The van der Waals surface area contributed by atoms with Crippen LogP contribution in [-0.2, 0) is 14.6 Å². The van der Waals surface area contributed by atoms with E-state index in [1.807, 2.05) is 0 Å². The fraction of sp³-hybridized carbons (Fsp3) is 0.300. The monoisotopic (exact) mass is 333 g/mol. The number of halogens is 5. The van der Waals surface area contributed by atoms with E-state index in [4.69, 9.17) is 11.6 Å². The molecule has 0 heterocycles. The maximum absolute atomic E-state index is 12.8. The molecule has 1 N–H and O–H groups in total. The average molecular weight is 334 g/mol. The Morgan fingerprint density at radius 2 is 1.90 bits per heavy atom. The van der Waals surface area contributed by atoms with Gasteiger partial charge in [-0.1, -0.05) is 11.6 Å². The molecular weight excluding hydrogens is 326 g/mol. The van der Waals surface area contributed by atoms with Gasteiger partial charge in [0.25, 0.3) is 0 Å². The van der Waals surface area contributed by atoms with Gasteiger partial charge in [0, 0.05) is 6.26 Å². The Hall–Kier alpha value is -1.35. The molecule has 1 rings (SSSR count). The predicted octanol–water partition coefficient (Wildman–Crippen LogP) is 2.58. The van der Waals surface area contributed by atoms with Gasteiger partial charge < -0.3 is 5.32 Å². The van der Waals surface area contributed by atoms with Crippen LogP contribution in [0.25, 0.3) is 0 Å².